The van der Waals surface area contributed by atoms with Crippen LogP contribution in [0.15, 0.2) is 79.5 Å². The van der Waals surface area contributed by atoms with Crippen molar-refractivity contribution in [3.8, 4) is 16.8 Å². The zero-order valence-electron chi connectivity index (χ0n) is 11.3. The molecule has 0 aliphatic rings. The Morgan fingerprint density at radius 2 is 1.52 bits per heavy atom. The molecule has 4 rings (SSSR count). The van der Waals surface area contributed by atoms with Crippen molar-refractivity contribution in [2.75, 3.05) is 0 Å². The van der Waals surface area contributed by atoms with Crippen molar-refractivity contribution in [1.29, 1.82) is 0 Å². The van der Waals surface area contributed by atoms with Crippen molar-refractivity contribution < 1.29 is 0 Å². The molecule has 3 heterocycles. The number of aromatic nitrogens is 3. The van der Waals surface area contributed by atoms with Gasteiger partial charge in [0.1, 0.15) is 0 Å². The topological polar surface area (TPSA) is 30.7 Å². The van der Waals surface area contributed by atoms with E-state index in [1.807, 2.05) is 55.1 Å². The molecule has 0 spiro atoms. The summed E-state index contributed by atoms with van der Waals surface area (Å²) < 4.78 is 2.18. The summed E-state index contributed by atoms with van der Waals surface area (Å²) in [5, 5.41) is 1.19. The molecule has 0 aliphatic heterocycles. The first kappa shape index (κ1) is 11.9. The van der Waals surface area contributed by atoms with E-state index in [0.29, 0.717) is 0 Å². The Morgan fingerprint density at radius 1 is 0.762 bits per heavy atom. The normalized spacial score (nSPS) is 10.9. The minimum absolute atomic E-state index is 1.11. The molecule has 3 aromatic heterocycles. The summed E-state index contributed by atoms with van der Waals surface area (Å²) in [7, 11) is 0. The predicted molar refractivity (Wildman–Crippen MR) is 84.3 cm³/mol. The van der Waals surface area contributed by atoms with Crippen LogP contribution in [-0.4, -0.2) is 14.5 Å². The average molecular weight is 271 g/mol. The minimum atomic E-state index is 1.11. The van der Waals surface area contributed by atoms with Crippen molar-refractivity contribution in [3.63, 3.8) is 0 Å². The van der Waals surface area contributed by atoms with Crippen LogP contribution in [0.5, 0.6) is 0 Å². The lowest BCUT2D eigenvalue weighted by atomic mass is 10.1. The lowest BCUT2D eigenvalue weighted by Crippen LogP contribution is -1.90. The van der Waals surface area contributed by atoms with Crippen molar-refractivity contribution in [1.82, 2.24) is 14.5 Å². The van der Waals surface area contributed by atoms with Gasteiger partial charge in [0.15, 0.2) is 0 Å². The molecule has 0 radical (unpaired) electrons. The molecule has 0 unspecified atom stereocenters. The number of hydrogen-bond acceptors (Lipinski definition) is 2. The summed E-state index contributed by atoms with van der Waals surface area (Å²) >= 11 is 0. The van der Waals surface area contributed by atoms with Gasteiger partial charge in [0.05, 0.1) is 11.7 Å². The van der Waals surface area contributed by atoms with Gasteiger partial charge in [-0.25, -0.2) is 0 Å². The van der Waals surface area contributed by atoms with Gasteiger partial charge in [0, 0.05) is 41.4 Å². The van der Waals surface area contributed by atoms with E-state index >= 15 is 0 Å². The summed E-state index contributed by atoms with van der Waals surface area (Å²) in [5.74, 6) is 0. The quantitative estimate of drug-likeness (QED) is 0.550. The third-order valence-electron chi connectivity index (χ3n) is 3.63. The van der Waals surface area contributed by atoms with E-state index in [2.05, 4.69) is 38.9 Å². The van der Waals surface area contributed by atoms with Crippen LogP contribution in [0, 0.1) is 0 Å². The Hall–Kier alpha value is -2.94. The second-order valence-electron chi connectivity index (χ2n) is 4.88. The lowest BCUT2D eigenvalue weighted by molar-refractivity contribution is 1.12. The molecule has 0 bridgehead atoms. The van der Waals surface area contributed by atoms with Crippen molar-refractivity contribution in [2.24, 2.45) is 0 Å². The smallest absolute Gasteiger partial charge is 0.0719 e. The van der Waals surface area contributed by atoms with Gasteiger partial charge in [-0.3, -0.25) is 9.97 Å². The van der Waals surface area contributed by atoms with Crippen LogP contribution in [0.4, 0.5) is 0 Å². The van der Waals surface area contributed by atoms with Gasteiger partial charge in [0.2, 0.25) is 0 Å². The largest absolute Gasteiger partial charge is 0.314 e. The number of benzene rings is 1. The fraction of sp³-hybridized carbons (Fsp3) is 0. The third-order valence-corrected chi connectivity index (χ3v) is 3.63. The summed E-state index contributed by atoms with van der Waals surface area (Å²) in [6.45, 7) is 0. The molecule has 3 heteroatoms. The number of rotatable bonds is 2. The van der Waals surface area contributed by atoms with Crippen LogP contribution in [0.25, 0.3) is 27.7 Å². The first-order chi connectivity index (χ1) is 10.4. The molecular formula is C18H13N3. The highest BCUT2D eigenvalue weighted by molar-refractivity contribution is 5.96. The van der Waals surface area contributed by atoms with Crippen molar-refractivity contribution in [2.45, 2.75) is 0 Å². The molecule has 0 fully saturated rings. The lowest BCUT2D eigenvalue weighted by Gasteiger charge is -2.03. The Balaban J connectivity index is 2.02. The maximum absolute atomic E-state index is 4.27. The van der Waals surface area contributed by atoms with Crippen LogP contribution in [0.1, 0.15) is 0 Å². The molecule has 0 amide bonds. The van der Waals surface area contributed by atoms with Crippen molar-refractivity contribution in [3.05, 3.63) is 79.5 Å². The minimum Gasteiger partial charge on any atom is -0.314 e. The Labute approximate surface area is 122 Å². The van der Waals surface area contributed by atoms with Gasteiger partial charge < -0.3 is 4.57 Å². The van der Waals surface area contributed by atoms with Crippen LogP contribution in [0.2, 0.25) is 0 Å². The Bertz CT molecular complexity index is 807. The fourth-order valence-corrected chi connectivity index (χ4v) is 2.64. The molecule has 1 aromatic carbocycles. The van der Waals surface area contributed by atoms with Gasteiger partial charge >= 0.3 is 0 Å². The maximum Gasteiger partial charge on any atom is 0.0719 e. The molecular weight excluding hydrogens is 258 g/mol. The first-order valence-corrected chi connectivity index (χ1v) is 6.84. The van der Waals surface area contributed by atoms with Gasteiger partial charge in [-0.05, 0) is 35.9 Å². The Morgan fingerprint density at radius 3 is 2.33 bits per heavy atom. The van der Waals surface area contributed by atoms with E-state index < -0.39 is 0 Å². The Kier molecular flexibility index (Phi) is 2.75. The molecule has 100 valence electrons. The maximum atomic E-state index is 4.27. The summed E-state index contributed by atoms with van der Waals surface area (Å²) in [5.41, 5.74) is 4.60. The van der Waals surface area contributed by atoms with E-state index in [1.165, 1.54) is 10.9 Å². The summed E-state index contributed by atoms with van der Waals surface area (Å²) in [4.78, 5) is 8.37. The van der Waals surface area contributed by atoms with E-state index in [9.17, 15) is 0 Å². The van der Waals surface area contributed by atoms with Crippen LogP contribution in [-0.2, 0) is 0 Å². The summed E-state index contributed by atoms with van der Waals surface area (Å²) in [6, 6.07) is 16.4. The van der Waals surface area contributed by atoms with Crippen LogP contribution >= 0.6 is 0 Å². The molecule has 0 N–H and O–H groups in total. The molecule has 3 nitrogen and oxygen atoms in total. The highest BCUT2D eigenvalue weighted by Crippen LogP contribution is 2.31. The zero-order valence-corrected chi connectivity index (χ0v) is 11.3. The SMILES string of the molecule is c1ccc(-n2cc(-c3ccncc3)c3ccncc32)cc1. The number of hydrogen-bond donors (Lipinski definition) is 0. The molecule has 0 aliphatic carbocycles. The molecule has 4 aromatic rings. The fourth-order valence-electron chi connectivity index (χ4n) is 2.64. The number of para-hydroxylation sites is 1. The van der Waals surface area contributed by atoms with E-state index in [-0.39, 0.29) is 0 Å². The molecule has 0 atom stereocenters. The predicted octanol–water partition coefficient (Wildman–Crippen LogP) is 4.09. The molecule has 0 saturated heterocycles. The van der Waals surface area contributed by atoms with Gasteiger partial charge in [-0.1, -0.05) is 18.2 Å². The average Bonchev–Trinajstić information content (AvgIpc) is 2.96. The van der Waals surface area contributed by atoms with E-state index in [1.54, 1.807) is 0 Å². The van der Waals surface area contributed by atoms with Crippen molar-refractivity contribution >= 4 is 10.9 Å². The second-order valence-corrected chi connectivity index (χ2v) is 4.88. The zero-order chi connectivity index (χ0) is 14.1. The molecule has 0 saturated carbocycles. The van der Waals surface area contributed by atoms with Gasteiger partial charge in [0.25, 0.3) is 0 Å². The highest BCUT2D eigenvalue weighted by atomic mass is 15.0. The van der Waals surface area contributed by atoms with Crippen LogP contribution < -0.4 is 0 Å². The standard InChI is InChI=1S/C18H13N3/c1-2-4-15(5-3-1)21-13-17(14-6-9-19-10-7-14)16-8-11-20-12-18(16)21/h1-13H. The second kappa shape index (κ2) is 4.87. The van der Waals surface area contributed by atoms with Crippen LogP contribution in [0.3, 0.4) is 0 Å². The highest BCUT2D eigenvalue weighted by Gasteiger charge is 2.11. The monoisotopic (exact) mass is 271 g/mol. The molecule has 21 heavy (non-hydrogen) atoms. The number of pyridine rings is 2. The first-order valence-electron chi connectivity index (χ1n) is 6.84. The van der Waals surface area contributed by atoms with Gasteiger partial charge in [-0.15, -0.1) is 0 Å². The number of nitrogens with zero attached hydrogens (tertiary/aromatic N) is 3. The van der Waals surface area contributed by atoms with E-state index in [0.717, 1.165) is 16.8 Å². The van der Waals surface area contributed by atoms with Gasteiger partial charge in [-0.2, -0.15) is 0 Å². The third kappa shape index (κ3) is 1.99. The summed E-state index contributed by atoms with van der Waals surface area (Å²) in [6.07, 6.45) is 9.55. The number of fused-ring (bicyclic) bond motifs is 1. The van der Waals surface area contributed by atoms with E-state index in [4.69, 9.17) is 0 Å².